The fourth-order valence-corrected chi connectivity index (χ4v) is 2.48. The third-order valence-electron chi connectivity index (χ3n) is 3.29. The topological polar surface area (TPSA) is 12.0 Å². The average molecular weight is 340 g/mol. The van der Waals surface area contributed by atoms with E-state index in [4.69, 9.17) is 0 Å². The van der Waals surface area contributed by atoms with Gasteiger partial charge in [0.05, 0.1) is 0 Å². The lowest BCUT2D eigenvalue weighted by molar-refractivity contribution is 0.562. The van der Waals surface area contributed by atoms with E-state index in [9.17, 15) is 8.78 Å². The molecule has 0 aromatic heterocycles. The smallest absolute Gasteiger partial charge is 0.126 e. The molecule has 0 spiro atoms. The van der Waals surface area contributed by atoms with Crippen LogP contribution in [-0.4, -0.2) is 7.05 Å². The van der Waals surface area contributed by atoms with Gasteiger partial charge in [0.15, 0.2) is 0 Å². The van der Waals surface area contributed by atoms with E-state index in [-0.39, 0.29) is 6.04 Å². The summed E-state index contributed by atoms with van der Waals surface area (Å²) >= 11 is 3.47. The number of likely N-dealkylation sites (N-methyl/N-ethyl adjacent to an activating group) is 1. The molecule has 0 bridgehead atoms. The molecule has 4 heteroatoms. The molecule has 2 rings (SSSR count). The number of nitrogens with one attached hydrogen (secondary N) is 1. The van der Waals surface area contributed by atoms with Crippen LogP contribution in [0.2, 0.25) is 0 Å². The minimum atomic E-state index is -0.540. The highest BCUT2D eigenvalue weighted by Gasteiger charge is 2.12. The fourth-order valence-electron chi connectivity index (χ4n) is 2.24. The molecule has 2 aromatic carbocycles. The van der Waals surface area contributed by atoms with Crippen molar-refractivity contribution in [3.63, 3.8) is 0 Å². The molecular formula is C16H16BrF2N. The highest BCUT2D eigenvalue weighted by molar-refractivity contribution is 9.10. The summed E-state index contributed by atoms with van der Waals surface area (Å²) in [4.78, 5) is 0. The lowest BCUT2D eigenvalue weighted by atomic mass is 9.97. The zero-order valence-electron chi connectivity index (χ0n) is 11.4. The first-order chi connectivity index (χ1) is 9.49. The van der Waals surface area contributed by atoms with Gasteiger partial charge in [0, 0.05) is 16.6 Å². The number of halogens is 3. The Morgan fingerprint density at radius 1 is 1.10 bits per heavy atom. The summed E-state index contributed by atoms with van der Waals surface area (Å²) < 4.78 is 27.5. The lowest BCUT2D eigenvalue weighted by Crippen LogP contribution is -2.19. The summed E-state index contributed by atoms with van der Waals surface area (Å²) in [5, 5.41) is 3.19. The van der Waals surface area contributed by atoms with Crippen LogP contribution in [0.3, 0.4) is 0 Å². The molecule has 2 aromatic rings. The third kappa shape index (κ3) is 3.64. The van der Waals surface area contributed by atoms with E-state index in [2.05, 4.69) is 27.3 Å². The summed E-state index contributed by atoms with van der Waals surface area (Å²) in [5.74, 6) is -1.08. The van der Waals surface area contributed by atoms with Crippen LogP contribution in [0.15, 0.2) is 40.9 Å². The molecule has 1 unspecified atom stereocenters. The van der Waals surface area contributed by atoms with Crippen molar-refractivity contribution in [2.24, 2.45) is 0 Å². The molecule has 0 aliphatic rings. The molecule has 0 aliphatic heterocycles. The van der Waals surface area contributed by atoms with Gasteiger partial charge in [-0.05, 0) is 55.3 Å². The average Bonchev–Trinajstić information content (AvgIpc) is 2.38. The lowest BCUT2D eigenvalue weighted by Gasteiger charge is -2.18. The highest BCUT2D eigenvalue weighted by Crippen LogP contribution is 2.24. The summed E-state index contributed by atoms with van der Waals surface area (Å²) in [6, 6.07) is 9.72. The molecule has 0 radical (unpaired) electrons. The van der Waals surface area contributed by atoms with Crippen molar-refractivity contribution in [1.82, 2.24) is 5.32 Å². The Balaban J connectivity index is 2.26. The Kier molecular flexibility index (Phi) is 4.89. The predicted octanol–water partition coefficient (Wildman–Crippen LogP) is 4.54. The number of rotatable bonds is 4. The van der Waals surface area contributed by atoms with Crippen molar-refractivity contribution in [3.05, 3.63) is 69.2 Å². The van der Waals surface area contributed by atoms with Gasteiger partial charge >= 0.3 is 0 Å². The molecule has 1 atom stereocenters. The van der Waals surface area contributed by atoms with Gasteiger partial charge in [-0.1, -0.05) is 28.1 Å². The Labute approximate surface area is 126 Å². The minimum absolute atomic E-state index is 0.0167. The number of benzene rings is 2. The molecule has 0 fully saturated rings. The van der Waals surface area contributed by atoms with Crippen LogP contribution in [-0.2, 0) is 6.42 Å². The predicted molar refractivity (Wildman–Crippen MR) is 80.7 cm³/mol. The van der Waals surface area contributed by atoms with E-state index in [0.717, 1.165) is 21.7 Å². The molecule has 1 N–H and O–H groups in total. The normalized spacial score (nSPS) is 12.4. The molecule has 20 heavy (non-hydrogen) atoms. The first-order valence-corrected chi connectivity index (χ1v) is 7.17. The zero-order valence-corrected chi connectivity index (χ0v) is 13.0. The van der Waals surface area contributed by atoms with Crippen LogP contribution in [0.4, 0.5) is 8.78 Å². The molecule has 106 valence electrons. The van der Waals surface area contributed by atoms with Crippen molar-refractivity contribution in [3.8, 4) is 0 Å². The van der Waals surface area contributed by atoms with Crippen molar-refractivity contribution in [1.29, 1.82) is 0 Å². The van der Waals surface area contributed by atoms with E-state index in [1.807, 2.05) is 26.1 Å². The summed E-state index contributed by atoms with van der Waals surface area (Å²) in [7, 11) is 1.84. The van der Waals surface area contributed by atoms with Gasteiger partial charge < -0.3 is 5.32 Å². The van der Waals surface area contributed by atoms with E-state index >= 15 is 0 Å². The second-order valence-electron chi connectivity index (χ2n) is 4.83. The van der Waals surface area contributed by atoms with Gasteiger partial charge in [0.2, 0.25) is 0 Å². The summed E-state index contributed by atoms with van der Waals surface area (Å²) in [5.41, 5.74) is 2.87. The second kappa shape index (κ2) is 6.46. The quantitative estimate of drug-likeness (QED) is 0.862. The van der Waals surface area contributed by atoms with Crippen LogP contribution in [0.1, 0.15) is 22.7 Å². The molecule has 0 heterocycles. The maximum atomic E-state index is 13.2. The monoisotopic (exact) mass is 339 g/mol. The van der Waals surface area contributed by atoms with Gasteiger partial charge in [-0.3, -0.25) is 0 Å². The molecule has 0 amide bonds. The Hall–Kier alpha value is -1.26. The van der Waals surface area contributed by atoms with E-state index in [1.165, 1.54) is 12.1 Å². The van der Waals surface area contributed by atoms with Crippen LogP contribution >= 0.6 is 15.9 Å². The summed E-state index contributed by atoms with van der Waals surface area (Å²) in [6.07, 6.45) is 0.534. The van der Waals surface area contributed by atoms with Gasteiger partial charge in [-0.15, -0.1) is 0 Å². The van der Waals surface area contributed by atoms with Gasteiger partial charge in [0.1, 0.15) is 11.6 Å². The molecule has 0 saturated heterocycles. The van der Waals surface area contributed by atoms with Crippen LogP contribution in [0.25, 0.3) is 0 Å². The van der Waals surface area contributed by atoms with Crippen molar-refractivity contribution in [2.45, 2.75) is 19.4 Å². The standard InChI is InChI=1S/C16H16BrF2N/c1-10-5-12(3-4-15(10)17)16(20-2)8-11-6-13(18)9-14(19)7-11/h3-7,9,16,20H,8H2,1-2H3. The fraction of sp³-hybridized carbons (Fsp3) is 0.250. The van der Waals surface area contributed by atoms with Crippen molar-refractivity contribution >= 4 is 15.9 Å². The maximum Gasteiger partial charge on any atom is 0.126 e. The Morgan fingerprint density at radius 2 is 1.75 bits per heavy atom. The molecule has 0 saturated carbocycles. The van der Waals surface area contributed by atoms with E-state index in [0.29, 0.717) is 12.0 Å². The van der Waals surface area contributed by atoms with E-state index in [1.54, 1.807) is 0 Å². The second-order valence-corrected chi connectivity index (χ2v) is 5.69. The Bertz CT molecular complexity index is 593. The zero-order chi connectivity index (χ0) is 14.7. The van der Waals surface area contributed by atoms with E-state index < -0.39 is 11.6 Å². The van der Waals surface area contributed by atoms with Crippen LogP contribution in [0.5, 0.6) is 0 Å². The molecule has 0 aliphatic carbocycles. The number of hydrogen-bond donors (Lipinski definition) is 1. The van der Waals surface area contributed by atoms with Gasteiger partial charge in [0.25, 0.3) is 0 Å². The van der Waals surface area contributed by atoms with Crippen molar-refractivity contribution in [2.75, 3.05) is 7.05 Å². The summed E-state index contributed by atoms with van der Waals surface area (Å²) in [6.45, 7) is 2.02. The SMILES string of the molecule is CNC(Cc1cc(F)cc(F)c1)c1ccc(Br)c(C)c1. The molecular weight excluding hydrogens is 324 g/mol. The van der Waals surface area contributed by atoms with Crippen LogP contribution in [0, 0.1) is 18.6 Å². The Morgan fingerprint density at radius 3 is 2.30 bits per heavy atom. The highest BCUT2D eigenvalue weighted by atomic mass is 79.9. The number of aryl methyl sites for hydroxylation is 1. The van der Waals surface area contributed by atoms with Gasteiger partial charge in [-0.2, -0.15) is 0 Å². The maximum absolute atomic E-state index is 13.2. The number of hydrogen-bond acceptors (Lipinski definition) is 1. The first kappa shape index (κ1) is 15.1. The minimum Gasteiger partial charge on any atom is -0.313 e. The third-order valence-corrected chi connectivity index (χ3v) is 4.18. The van der Waals surface area contributed by atoms with Crippen molar-refractivity contribution < 1.29 is 8.78 Å². The largest absolute Gasteiger partial charge is 0.313 e. The first-order valence-electron chi connectivity index (χ1n) is 6.38. The van der Waals surface area contributed by atoms with Gasteiger partial charge in [-0.25, -0.2) is 8.78 Å². The van der Waals surface area contributed by atoms with Crippen LogP contribution < -0.4 is 5.32 Å². The molecule has 1 nitrogen and oxygen atoms in total.